The topological polar surface area (TPSA) is 82.2 Å². The number of rotatable bonds is 6. The van der Waals surface area contributed by atoms with Gasteiger partial charge in [-0.15, -0.1) is 0 Å². The Labute approximate surface area is 208 Å². The number of piperidine rings is 1. The van der Waals surface area contributed by atoms with Gasteiger partial charge in [0, 0.05) is 28.8 Å². The van der Waals surface area contributed by atoms with Crippen LogP contribution in [0.2, 0.25) is 0 Å². The Hall–Kier alpha value is -2.95. The van der Waals surface area contributed by atoms with E-state index in [9.17, 15) is 22.4 Å². The Morgan fingerprint density at radius 1 is 1.08 bits per heavy atom. The molecule has 1 aliphatic carbocycles. The fraction of sp³-hybridized carbons (Fsp3) is 0.560. The Balaban J connectivity index is 1.55. The summed E-state index contributed by atoms with van der Waals surface area (Å²) < 4.78 is 55.7. The van der Waals surface area contributed by atoms with E-state index in [4.69, 9.17) is 0 Å². The van der Waals surface area contributed by atoms with E-state index in [1.165, 1.54) is 6.07 Å². The molecule has 4 rings (SSSR count). The first-order chi connectivity index (χ1) is 16.7. The molecule has 1 aliphatic heterocycles. The number of halogens is 4. The standard InChI is InChI=1S/C25H32F4N6O/c1-23(2)11-16(12-24(3,4)35(23)5)31-20-19(26)13-30-22(34-20)33-15-8-9-17(18(10-15)25(27,28)29)21(36)32-14-6-7-14/h8-10,13-14,16H,6-7,11-12H2,1-5H3,(H,32,36)(H2,30,31,33,34). The van der Waals surface area contributed by atoms with Crippen molar-refractivity contribution in [3.63, 3.8) is 0 Å². The molecule has 11 heteroatoms. The maximum atomic E-state index is 14.6. The molecule has 3 N–H and O–H groups in total. The molecule has 1 saturated heterocycles. The second-order valence-electron chi connectivity index (χ2n) is 11.0. The lowest BCUT2D eigenvalue weighted by molar-refractivity contribution is -0.137. The monoisotopic (exact) mass is 508 g/mol. The van der Waals surface area contributed by atoms with Gasteiger partial charge in [-0.05, 0) is 78.6 Å². The largest absolute Gasteiger partial charge is 0.417 e. The minimum absolute atomic E-state index is 0.0230. The zero-order valence-electron chi connectivity index (χ0n) is 21.1. The van der Waals surface area contributed by atoms with Crippen LogP contribution in [0.5, 0.6) is 0 Å². The molecular weight excluding hydrogens is 476 g/mol. The first kappa shape index (κ1) is 26.1. The van der Waals surface area contributed by atoms with Crippen LogP contribution in [0.3, 0.4) is 0 Å². The Kier molecular flexibility index (Phi) is 6.65. The molecule has 1 saturated carbocycles. The van der Waals surface area contributed by atoms with E-state index in [0.717, 1.165) is 44.0 Å². The highest BCUT2D eigenvalue weighted by atomic mass is 19.4. The first-order valence-electron chi connectivity index (χ1n) is 12.0. The van der Waals surface area contributed by atoms with E-state index in [2.05, 4.69) is 65.6 Å². The van der Waals surface area contributed by atoms with Gasteiger partial charge in [0.1, 0.15) is 0 Å². The summed E-state index contributed by atoms with van der Waals surface area (Å²) in [6.45, 7) is 8.49. The highest BCUT2D eigenvalue weighted by Crippen LogP contribution is 2.38. The van der Waals surface area contributed by atoms with Gasteiger partial charge < -0.3 is 16.0 Å². The predicted molar refractivity (Wildman–Crippen MR) is 130 cm³/mol. The molecule has 2 aromatic rings. The summed E-state index contributed by atoms with van der Waals surface area (Å²) >= 11 is 0. The zero-order valence-corrected chi connectivity index (χ0v) is 21.1. The third kappa shape index (κ3) is 5.71. The molecule has 0 atom stereocenters. The van der Waals surface area contributed by atoms with Gasteiger partial charge in [0.2, 0.25) is 5.95 Å². The number of nitrogens with one attached hydrogen (secondary N) is 3. The maximum Gasteiger partial charge on any atom is 0.417 e. The van der Waals surface area contributed by atoms with Crippen molar-refractivity contribution in [3.8, 4) is 0 Å². The van der Waals surface area contributed by atoms with Gasteiger partial charge in [0.25, 0.3) is 5.91 Å². The van der Waals surface area contributed by atoms with Gasteiger partial charge in [-0.2, -0.15) is 18.2 Å². The van der Waals surface area contributed by atoms with Gasteiger partial charge in [-0.1, -0.05) is 0 Å². The molecule has 1 aromatic carbocycles. The van der Waals surface area contributed by atoms with Gasteiger partial charge in [0.15, 0.2) is 11.6 Å². The number of carbonyl (C=O) groups is 1. The fourth-order valence-corrected chi connectivity index (χ4v) is 4.87. The second-order valence-corrected chi connectivity index (χ2v) is 11.0. The van der Waals surface area contributed by atoms with Gasteiger partial charge in [0.05, 0.1) is 17.3 Å². The molecule has 1 amide bonds. The summed E-state index contributed by atoms with van der Waals surface area (Å²) in [4.78, 5) is 22.7. The number of likely N-dealkylation sites (tertiary alicyclic amines) is 1. The molecule has 0 unspecified atom stereocenters. The summed E-state index contributed by atoms with van der Waals surface area (Å²) in [6.07, 6.45) is -0.741. The van der Waals surface area contributed by atoms with Crippen molar-refractivity contribution in [3.05, 3.63) is 41.3 Å². The maximum absolute atomic E-state index is 14.6. The summed E-state index contributed by atoms with van der Waals surface area (Å²) in [6, 6.07) is 3.16. The predicted octanol–water partition coefficient (Wildman–Crippen LogP) is 5.33. The van der Waals surface area contributed by atoms with Crippen LogP contribution in [0, 0.1) is 5.82 Å². The molecular formula is C25H32F4N6O. The average Bonchev–Trinajstić information content (AvgIpc) is 3.57. The van der Waals surface area contributed by atoms with Crippen LogP contribution in [0.15, 0.2) is 24.4 Å². The van der Waals surface area contributed by atoms with Crippen LogP contribution in [0.4, 0.5) is 35.0 Å². The number of alkyl halides is 3. The number of anilines is 3. The van der Waals surface area contributed by atoms with Crippen LogP contribution >= 0.6 is 0 Å². The van der Waals surface area contributed by atoms with Gasteiger partial charge in [-0.3, -0.25) is 9.69 Å². The number of hydrogen-bond acceptors (Lipinski definition) is 6. The third-order valence-electron chi connectivity index (χ3n) is 7.13. The highest BCUT2D eigenvalue weighted by Gasteiger charge is 2.43. The SMILES string of the molecule is CN1C(C)(C)CC(Nc2nc(Nc3ccc(C(=O)NC4CC4)c(C(F)(F)F)c3)ncc2F)CC1(C)C. The van der Waals surface area contributed by atoms with Crippen molar-refractivity contribution in [2.24, 2.45) is 0 Å². The van der Waals surface area contributed by atoms with E-state index in [0.29, 0.717) is 0 Å². The smallest absolute Gasteiger partial charge is 0.365 e. The Bertz CT molecular complexity index is 1130. The molecule has 0 radical (unpaired) electrons. The fourth-order valence-electron chi connectivity index (χ4n) is 4.87. The van der Waals surface area contributed by atoms with E-state index >= 15 is 0 Å². The highest BCUT2D eigenvalue weighted by molar-refractivity contribution is 5.96. The van der Waals surface area contributed by atoms with Crippen LogP contribution in [0.25, 0.3) is 0 Å². The summed E-state index contributed by atoms with van der Waals surface area (Å²) in [7, 11) is 2.07. The number of amides is 1. The summed E-state index contributed by atoms with van der Waals surface area (Å²) in [5.74, 6) is -1.50. The van der Waals surface area contributed by atoms with E-state index < -0.39 is 29.0 Å². The number of aromatic nitrogens is 2. The summed E-state index contributed by atoms with van der Waals surface area (Å²) in [5.41, 5.74) is -1.75. The molecule has 2 fully saturated rings. The van der Waals surface area contributed by atoms with Crippen molar-refractivity contribution in [1.82, 2.24) is 20.2 Å². The lowest BCUT2D eigenvalue weighted by Gasteiger charge is -2.53. The Morgan fingerprint density at radius 2 is 1.72 bits per heavy atom. The van der Waals surface area contributed by atoms with Crippen LogP contribution in [-0.4, -0.2) is 51.0 Å². The van der Waals surface area contributed by atoms with Crippen LogP contribution in [-0.2, 0) is 6.18 Å². The van der Waals surface area contributed by atoms with Crippen molar-refractivity contribution in [2.75, 3.05) is 17.7 Å². The zero-order chi connectivity index (χ0) is 26.5. The quantitative estimate of drug-likeness (QED) is 0.458. The van der Waals surface area contributed by atoms with Crippen molar-refractivity contribution >= 4 is 23.4 Å². The number of benzene rings is 1. The lowest BCUT2D eigenvalue weighted by Crippen LogP contribution is -2.61. The number of carbonyl (C=O) groups excluding carboxylic acids is 1. The lowest BCUT2D eigenvalue weighted by atomic mass is 9.77. The second kappa shape index (κ2) is 9.17. The molecule has 196 valence electrons. The minimum Gasteiger partial charge on any atom is -0.365 e. The molecule has 2 heterocycles. The molecule has 1 aromatic heterocycles. The van der Waals surface area contributed by atoms with Crippen LogP contribution in [0.1, 0.15) is 69.3 Å². The Morgan fingerprint density at radius 3 is 2.31 bits per heavy atom. The van der Waals surface area contributed by atoms with Gasteiger partial charge >= 0.3 is 6.18 Å². The molecule has 2 aliphatic rings. The third-order valence-corrected chi connectivity index (χ3v) is 7.13. The molecule has 36 heavy (non-hydrogen) atoms. The number of nitrogens with zero attached hydrogens (tertiary/aromatic N) is 3. The average molecular weight is 509 g/mol. The van der Waals surface area contributed by atoms with E-state index in [1.54, 1.807) is 0 Å². The van der Waals surface area contributed by atoms with Crippen LogP contribution < -0.4 is 16.0 Å². The number of hydrogen-bond donors (Lipinski definition) is 3. The molecule has 0 bridgehead atoms. The first-order valence-corrected chi connectivity index (χ1v) is 12.0. The van der Waals surface area contributed by atoms with Crippen molar-refractivity contribution in [1.29, 1.82) is 0 Å². The van der Waals surface area contributed by atoms with Gasteiger partial charge in [-0.25, -0.2) is 9.37 Å². The molecule has 0 spiro atoms. The normalized spacial score (nSPS) is 20.1. The summed E-state index contributed by atoms with van der Waals surface area (Å²) in [5, 5.41) is 8.46. The van der Waals surface area contributed by atoms with Crippen molar-refractivity contribution < 1.29 is 22.4 Å². The molecule has 7 nitrogen and oxygen atoms in total. The van der Waals surface area contributed by atoms with Crippen molar-refractivity contribution in [2.45, 2.75) is 82.7 Å². The minimum atomic E-state index is -4.74. The van der Waals surface area contributed by atoms with E-state index in [1.807, 2.05) is 0 Å². The van der Waals surface area contributed by atoms with E-state index in [-0.39, 0.29) is 40.6 Å².